The maximum absolute atomic E-state index is 14.9. The van der Waals surface area contributed by atoms with Crippen molar-refractivity contribution in [1.82, 2.24) is 25.0 Å². The Kier molecular flexibility index (Phi) is 9.00. The highest BCUT2D eigenvalue weighted by molar-refractivity contribution is 5.86. The van der Waals surface area contributed by atoms with Crippen molar-refractivity contribution in [2.75, 3.05) is 62.2 Å². The number of hydrogen-bond acceptors (Lipinski definition) is 10. The molecule has 52 heavy (non-hydrogen) atoms. The van der Waals surface area contributed by atoms with E-state index in [1.807, 2.05) is 66.9 Å². The number of rotatable bonds is 4. The largest absolute Gasteiger partial charge is 0.422 e. The normalized spacial score (nSPS) is 14.9. The summed E-state index contributed by atoms with van der Waals surface area (Å²) in [7, 11) is 0. The van der Waals surface area contributed by atoms with Gasteiger partial charge in [0.05, 0.1) is 22.2 Å². The topological polar surface area (TPSA) is 121 Å². The number of pyridine rings is 2. The van der Waals surface area contributed by atoms with E-state index in [4.69, 9.17) is 8.83 Å². The molecule has 0 bridgehead atoms. The first-order valence-electron chi connectivity index (χ1n) is 17.4. The van der Waals surface area contributed by atoms with Crippen molar-refractivity contribution >= 4 is 39.0 Å². The Bertz CT molecular complexity index is 2530. The molecule has 2 saturated heterocycles. The van der Waals surface area contributed by atoms with E-state index in [0.717, 1.165) is 91.6 Å². The number of benzene rings is 2. The molecule has 12 heteroatoms. The van der Waals surface area contributed by atoms with Gasteiger partial charge in [0.2, 0.25) is 0 Å². The predicted molar refractivity (Wildman–Crippen MR) is 202 cm³/mol. The Morgan fingerprint density at radius 1 is 0.712 bits per heavy atom. The van der Waals surface area contributed by atoms with Crippen molar-refractivity contribution in [2.45, 2.75) is 13.8 Å². The molecule has 9 rings (SSSR count). The van der Waals surface area contributed by atoms with Crippen LogP contribution in [-0.2, 0) is 0 Å². The van der Waals surface area contributed by atoms with Crippen LogP contribution in [0.3, 0.4) is 0 Å². The lowest BCUT2D eigenvalue weighted by Gasteiger charge is -2.29. The fraction of sp³-hybridized carbons (Fsp3) is 0.250. The second kappa shape index (κ2) is 14.0. The molecular formula is C40H38FN7O4. The SMILES string of the molecule is Cc1ccc(-c2cc3ccc(N4CCNCC4)cc3oc2=O)cn1.Cc1ccc2nc(-c3cc4c(F)cc(N5CCNCC5)cc4oc3=O)cn2c1. The molecule has 0 atom stereocenters. The second-order valence-electron chi connectivity index (χ2n) is 13.2. The fourth-order valence-electron chi connectivity index (χ4n) is 6.73. The van der Waals surface area contributed by atoms with Crippen molar-refractivity contribution in [3.8, 4) is 22.4 Å². The lowest BCUT2D eigenvalue weighted by molar-refractivity contribution is 0.555. The van der Waals surface area contributed by atoms with Gasteiger partial charge in [-0.05, 0) is 61.9 Å². The minimum absolute atomic E-state index is 0.252. The van der Waals surface area contributed by atoms with E-state index in [9.17, 15) is 14.0 Å². The lowest BCUT2D eigenvalue weighted by Crippen LogP contribution is -2.43. The van der Waals surface area contributed by atoms with Crippen molar-refractivity contribution in [3.05, 3.63) is 123 Å². The van der Waals surface area contributed by atoms with Crippen LogP contribution in [0.5, 0.6) is 0 Å². The molecule has 2 N–H and O–H groups in total. The molecule has 0 saturated carbocycles. The van der Waals surface area contributed by atoms with Crippen LogP contribution in [0, 0.1) is 19.7 Å². The Balaban J connectivity index is 0.000000151. The molecule has 2 aliphatic heterocycles. The summed E-state index contributed by atoms with van der Waals surface area (Å²) in [6.07, 6.45) is 5.39. The van der Waals surface area contributed by atoms with Gasteiger partial charge in [-0.1, -0.05) is 12.1 Å². The predicted octanol–water partition coefficient (Wildman–Crippen LogP) is 5.54. The third-order valence-electron chi connectivity index (χ3n) is 9.57. The van der Waals surface area contributed by atoms with Crippen LogP contribution in [0.25, 0.3) is 50.0 Å². The second-order valence-corrected chi connectivity index (χ2v) is 13.2. The average Bonchev–Trinajstić information content (AvgIpc) is 3.58. The van der Waals surface area contributed by atoms with Crippen LogP contribution in [0.1, 0.15) is 11.3 Å². The molecule has 2 aromatic carbocycles. The molecule has 0 radical (unpaired) electrons. The summed E-state index contributed by atoms with van der Waals surface area (Å²) in [6, 6.07) is 20.3. The van der Waals surface area contributed by atoms with Gasteiger partial charge in [-0.25, -0.2) is 19.0 Å². The summed E-state index contributed by atoms with van der Waals surface area (Å²) in [5, 5.41) is 7.81. The minimum Gasteiger partial charge on any atom is -0.422 e. The smallest absolute Gasteiger partial charge is 0.345 e. The number of halogens is 1. The van der Waals surface area contributed by atoms with Crippen molar-refractivity contribution in [3.63, 3.8) is 0 Å². The van der Waals surface area contributed by atoms with Gasteiger partial charge in [0.15, 0.2) is 0 Å². The first kappa shape index (κ1) is 33.3. The molecule has 0 aliphatic carbocycles. The Hall–Kier alpha value is -5.85. The number of aromatic nitrogens is 3. The third kappa shape index (κ3) is 6.78. The van der Waals surface area contributed by atoms with Crippen LogP contribution in [-0.4, -0.2) is 66.7 Å². The number of piperazine rings is 2. The van der Waals surface area contributed by atoms with E-state index < -0.39 is 11.4 Å². The molecule has 2 fully saturated rings. The summed E-state index contributed by atoms with van der Waals surface area (Å²) >= 11 is 0. The van der Waals surface area contributed by atoms with E-state index in [2.05, 4.69) is 36.5 Å². The van der Waals surface area contributed by atoms with Gasteiger partial charge in [-0.15, -0.1) is 0 Å². The van der Waals surface area contributed by atoms with E-state index in [-0.39, 0.29) is 22.2 Å². The fourth-order valence-corrected chi connectivity index (χ4v) is 6.73. The van der Waals surface area contributed by atoms with E-state index >= 15 is 0 Å². The number of imidazole rings is 1. The highest BCUT2D eigenvalue weighted by Crippen LogP contribution is 2.29. The Morgan fingerprint density at radius 2 is 1.40 bits per heavy atom. The zero-order chi connectivity index (χ0) is 35.8. The van der Waals surface area contributed by atoms with Gasteiger partial charge in [-0.3, -0.25) is 4.98 Å². The molecular weight excluding hydrogens is 661 g/mol. The maximum atomic E-state index is 14.9. The number of nitrogens with one attached hydrogen (secondary N) is 2. The van der Waals surface area contributed by atoms with Gasteiger partial charge in [-0.2, -0.15) is 0 Å². The van der Waals surface area contributed by atoms with E-state index in [0.29, 0.717) is 16.8 Å². The molecule has 11 nitrogen and oxygen atoms in total. The van der Waals surface area contributed by atoms with Crippen LogP contribution in [0.2, 0.25) is 0 Å². The number of anilines is 2. The highest BCUT2D eigenvalue weighted by Gasteiger charge is 2.18. The number of aryl methyl sites for hydroxylation is 2. The molecule has 0 unspecified atom stereocenters. The summed E-state index contributed by atoms with van der Waals surface area (Å²) in [5.74, 6) is -0.407. The molecule has 264 valence electrons. The van der Waals surface area contributed by atoms with Crippen LogP contribution in [0.4, 0.5) is 15.8 Å². The molecule has 7 heterocycles. The summed E-state index contributed by atoms with van der Waals surface area (Å²) in [6.45, 7) is 11.0. The Labute approximate surface area is 298 Å². The van der Waals surface area contributed by atoms with Crippen LogP contribution in [0.15, 0.2) is 104 Å². The van der Waals surface area contributed by atoms with E-state index in [1.165, 1.54) is 12.1 Å². The molecule has 0 spiro atoms. The number of hydrogen-bond donors (Lipinski definition) is 2. The maximum Gasteiger partial charge on any atom is 0.345 e. The quantitative estimate of drug-likeness (QED) is 0.227. The minimum atomic E-state index is -0.524. The third-order valence-corrected chi connectivity index (χ3v) is 9.57. The summed E-state index contributed by atoms with van der Waals surface area (Å²) in [5.41, 5.74) is 6.61. The first-order chi connectivity index (χ1) is 25.3. The van der Waals surface area contributed by atoms with E-state index in [1.54, 1.807) is 18.5 Å². The molecule has 5 aromatic heterocycles. The van der Waals surface area contributed by atoms with Crippen LogP contribution >= 0.6 is 0 Å². The number of nitrogens with zero attached hydrogens (tertiary/aromatic N) is 5. The van der Waals surface area contributed by atoms with Crippen molar-refractivity contribution < 1.29 is 13.2 Å². The van der Waals surface area contributed by atoms with Gasteiger partial charge >= 0.3 is 11.3 Å². The molecule has 7 aromatic rings. The summed E-state index contributed by atoms with van der Waals surface area (Å²) in [4.78, 5) is 38.1. The monoisotopic (exact) mass is 699 g/mol. The van der Waals surface area contributed by atoms with Gasteiger partial charge in [0.25, 0.3) is 0 Å². The molecule has 0 amide bonds. The standard InChI is InChI=1S/C21H19FN4O2.C19H19N3O2/c1-13-2-3-20-24-18(12-26(20)11-13)16-10-15-17(22)8-14(9-19(15)28-21(16)27)25-6-4-23-5-7-25;1-13-2-3-15(12-21-13)17-10-14-4-5-16(11-18(14)24-19(17)23)22-8-6-20-7-9-22/h2-3,8-12,23H,4-7H2,1H3;2-5,10-12,20H,6-9H2,1H3. The van der Waals surface area contributed by atoms with Gasteiger partial charge < -0.3 is 33.7 Å². The highest BCUT2D eigenvalue weighted by atomic mass is 19.1. The first-order valence-corrected chi connectivity index (χ1v) is 17.4. The van der Waals surface area contributed by atoms with Gasteiger partial charge in [0.1, 0.15) is 22.6 Å². The van der Waals surface area contributed by atoms with Crippen LogP contribution < -0.4 is 31.7 Å². The Morgan fingerprint density at radius 3 is 2.13 bits per heavy atom. The lowest BCUT2D eigenvalue weighted by atomic mass is 10.1. The summed E-state index contributed by atoms with van der Waals surface area (Å²) < 4.78 is 27.8. The zero-order valence-electron chi connectivity index (χ0n) is 29.0. The number of fused-ring (bicyclic) bond motifs is 3. The average molecular weight is 700 g/mol. The van der Waals surface area contributed by atoms with Crippen molar-refractivity contribution in [1.29, 1.82) is 0 Å². The van der Waals surface area contributed by atoms with Gasteiger partial charge in [0, 0.05) is 111 Å². The zero-order valence-corrected chi connectivity index (χ0v) is 29.0. The van der Waals surface area contributed by atoms with Crippen molar-refractivity contribution in [2.24, 2.45) is 0 Å². The molecule has 2 aliphatic rings.